The number of carbonyl (C=O) groups is 2. The summed E-state index contributed by atoms with van der Waals surface area (Å²) in [4.78, 5) is 23.5. The first-order chi connectivity index (χ1) is 11.8. The van der Waals surface area contributed by atoms with Crippen molar-refractivity contribution in [3.63, 3.8) is 0 Å². The molecule has 0 saturated carbocycles. The van der Waals surface area contributed by atoms with Crippen LogP contribution in [0.4, 0.5) is 5.69 Å². The molecule has 0 aliphatic carbocycles. The Bertz CT molecular complexity index is 793. The normalized spacial score (nSPS) is 10.2. The zero-order chi connectivity index (χ0) is 18.4. The second-order valence-corrected chi connectivity index (χ2v) is 6.21. The summed E-state index contributed by atoms with van der Waals surface area (Å²) in [6, 6.07) is 10.2. The van der Waals surface area contributed by atoms with Crippen LogP contribution >= 0.6 is 23.2 Å². The Morgan fingerprint density at radius 3 is 2.48 bits per heavy atom. The van der Waals surface area contributed by atoms with Crippen LogP contribution in [0.25, 0.3) is 0 Å². The molecule has 0 unspecified atom stereocenters. The van der Waals surface area contributed by atoms with E-state index in [2.05, 4.69) is 5.32 Å². The van der Waals surface area contributed by atoms with Crippen molar-refractivity contribution in [1.82, 2.24) is 0 Å². The highest BCUT2D eigenvalue weighted by atomic mass is 35.5. The molecule has 132 valence electrons. The molecule has 1 N–H and O–H groups in total. The van der Waals surface area contributed by atoms with Crippen molar-refractivity contribution in [1.29, 1.82) is 0 Å². The van der Waals surface area contributed by atoms with Gasteiger partial charge in [-0.2, -0.15) is 0 Å². The fourth-order valence-electron chi connectivity index (χ4n) is 1.91. The van der Waals surface area contributed by atoms with E-state index < -0.39 is 18.5 Å². The number of rotatable bonds is 6. The molecule has 2 aromatic carbocycles. The zero-order valence-electron chi connectivity index (χ0n) is 13.8. The Morgan fingerprint density at radius 2 is 1.76 bits per heavy atom. The number of halogens is 2. The summed E-state index contributed by atoms with van der Waals surface area (Å²) in [6.07, 6.45) is 0. The topological polar surface area (TPSA) is 64.6 Å². The van der Waals surface area contributed by atoms with Gasteiger partial charge in [0.05, 0.1) is 10.7 Å². The maximum absolute atomic E-state index is 11.8. The maximum atomic E-state index is 11.8. The molecule has 2 aromatic rings. The lowest BCUT2D eigenvalue weighted by atomic mass is 10.1. The van der Waals surface area contributed by atoms with E-state index in [0.717, 1.165) is 11.1 Å². The van der Waals surface area contributed by atoms with Gasteiger partial charge in [0, 0.05) is 5.02 Å². The van der Waals surface area contributed by atoms with E-state index in [9.17, 15) is 9.59 Å². The minimum absolute atomic E-state index is 0.284. The standard InChI is InChI=1S/C18H17Cl2NO4/c1-11-3-5-14(7-12(11)2)24-10-18(23)25-9-17(22)21-16-8-13(19)4-6-15(16)20/h3-8H,9-10H2,1-2H3,(H,21,22). The monoisotopic (exact) mass is 381 g/mol. The largest absolute Gasteiger partial charge is 0.482 e. The molecule has 0 aliphatic rings. The smallest absolute Gasteiger partial charge is 0.344 e. The van der Waals surface area contributed by atoms with Crippen molar-refractivity contribution in [3.8, 4) is 5.75 Å². The van der Waals surface area contributed by atoms with Gasteiger partial charge in [-0.3, -0.25) is 4.79 Å². The zero-order valence-corrected chi connectivity index (χ0v) is 15.3. The van der Waals surface area contributed by atoms with Gasteiger partial charge in [-0.15, -0.1) is 0 Å². The van der Waals surface area contributed by atoms with Gasteiger partial charge in [-0.25, -0.2) is 4.79 Å². The number of benzene rings is 2. The van der Waals surface area contributed by atoms with Crippen LogP contribution in [0.15, 0.2) is 36.4 Å². The number of hydrogen-bond acceptors (Lipinski definition) is 4. The average molecular weight is 382 g/mol. The summed E-state index contributed by atoms with van der Waals surface area (Å²) in [7, 11) is 0. The molecule has 0 heterocycles. The Balaban J connectivity index is 1.78. The molecule has 0 radical (unpaired) electrons. The fourth-order valence-corrected chi connectivity index (χ4v) is 2.25. The number of carbonyl (C=O) groups excluding carboxylic acids is 2. The van der Waals surface area contributed by atoms with E-state index in [0.29, 0.717) is 21.5 Å². The highest BCUT2D eigenvalue weighted by Crippen LogP contribution is 2.25. The predicted molar refractivity (Wildman–Crippen MR) is 97.5 cm³/mol. The molecular formula is C18H17Cl2NO4. The van der Waals surface area contributed by atoms with Gasteiger partial charge in [0.25, 0.3) is 5.91 Å². The van der Waals surface area contributed by atoms with Crippen LogP contribution in [-0.4, -0.2) is 25.1 Å². The second-order valence-electron chi connectivity index (χ2n) is 5.37. The molecule has 1 amide bonds. The summed E-state index contributed by atoms with van der Waals surface area (Å²) < 4.78 is 10.2. The van der Waals surface area contributed by atoms with E-state index in [1.807, 2.05) is 26.0 Å². The first-order valence-electron chi connectivity index (χ1n) is 7.45. The van der Waals surface area contributed by atoms with E-state index in [4.69, 9.17) is 32.7 Å². The number of anilines is 1. The number of esters is 1. The first kappa shape index (κ1) is 19.1. The van der Waals surface area contributed by atoms with Crippen LogP contribution in [0.3, 0.4) is 0 Å². The highest BCUT2D eigenvalue weighted by molar-refractivity contribution is 6.35. The Morgan fingerprint density at radius 1 is 1.00 bits per heavy atom. The third-order valence-electron chi connectivity index (χ3n) is 3.40. The third kappa shape index (κ3) is 5.96. The average Bonchev–Trinajstić information content (AvgIpc) is 2.57. The summed E-state index contributed by atoms with van der Waals surface area (Å²) >= 11 is 11.8. The summed E-state index contributed by atoms with van der Waals surface area (Å²) in [5.74, 6) is -0.607. The Kier molecular flexibility index (Phi) is 6.67. The molecule has 7 heteroatoms. The minimum Gasteiger partial charge on any atom is -0.482 e. The lowest BCUT2D eigenvalue weighted by Gasteiger charge is -2.10. The van der Waals surface area contributed by atoms with E-state index in [1.54, 1.807) is 18.2 Å². The van der Waals surface area contributed by atoms with Gasteiger partial charge in [-0.1, -0.05) is 29.3 Å². The minimum atomic E-state index is -0.648. The van der Waals surface area contributed by atoms with Crippen LogP contribution in [0.5, 0.6) is 5.75 Å². The summed E-state index contributed by atoms with van der Waals surface area (Å²) in [6.45, 7) is 3.20. The molecule has 0 aliphatic heterocycles. The van der Waals surface area contributed by atoms with Gasteiger partial charge in [0.1, 0.15) is 5.75 Å². The predicted octanol–water partition coefficient (Wildman–Crippen LogP) is 4.17. The Labute approximate surface area is 155 Å². The van der Waals surface area contributed by atoms with Gasteiger partial charge in [0.2, 0.25) is 0 Å². The lowest BCUT2D eigenvalue weighted by Crippen LogP contribution is -2.23. The van der Waals surface area contributed by atoms with Crippen LogP contribution < -0.4 is 10.1 Å². The number of aryl methyl sites for hydroxylation is 2. The summed E-state index contributed by atoms with van der Waals surface area (Å²) in [5.41, 5.74) is 2.54. The van der Waals surface area contributed by atoms with E-state index >= 15 is 0 Å². The Hall–Kier alpha value is -2.24. The maximum Gasteiger partial charge on any atom is 0.344 e. The molecule has 0 bridgehead atoms. The van der Waals surface area contributed by atoms with Gasteiger partial charge < -0.3 is 14.8 Å². The van der Waals surface area contributed by atoms with Crippen LogP contribution in [0.2, 0.25) is 10.0 Å². The van der Waals surface area contributed by atoms with Crippen LogP contribution in [0.1, 0.15) is 11.1 Å². The molecule has 0 spiro atoms. The fraction of sp³-hybridized carbons (Fsp3) is 0.222. The van der Waals surface area contributed by atoms with E-state index in [1.165, 1.54) is 6.07 Å². The van der Waals surface area contributed by atoms with Crippen LogP contribution in [0, 0.1) is 13.8 Å². The summed E-state index contributed by atoms with van der Waals surface area (Å²) in [5, 5.41) is 3.28. The number of amides is 1. The molecule has 5 nitrogen and oxygen atoms in total. The number of ether oxygens (including phenoxy) is 2. The van der Waals surface area contributed by atoms with E-state index in [-0.39, 0.29) is 6.61 Å². The van der Waals surface area contributed by atoms with Crippen molar-refractivity contribution in [2.24, 2.45) is 0 Å². The number of hydrogen-bond donors (Lipinski definition) is 1. The first-order valence-corrected chi connectivity index (χ1v) is 8.21. The van der Waals surface area contributed by atoms with Crippen molar-refractivity contribution < 1.29 is 19.1 Å². The molecule has 0 saturated heterocycles. The van der Waals surface area contributed by atoms with Crippen molar-refractivity contribution >= 4 is 40.8 Å². The second kappa shape index (κ2) is 8.74. The lowest BCUT2D eigenvalue weighted by molar-refractivity contribution is -0.149. The molecule has 25 heavy (non-hydrogen) atoms. The molecule has 0 atom stereocenters. The molecular weight excluding hydrogens is 365 g/mol. The van der Waals surface area contributed by atoms with Gasteiger partial charge in [-0.05, 0) is 55.3 Å². The van der Waals surface area contributed by atoms with Gasteiger partial charge in [0.15, 0.2) is 13.2 Å². The molecule has 2 rings (SSSR count). The van der Waals surface area contributed by atoms with Crippen molar-refractivity contribution in [3.05, 3.63) is 57.6 Å². The molecule has 0 aromatic heterocycles. The van der Waals surface area contributed by atoms with Crippen molar-refractivity contribution in [2.75, 3.05) is 18.5 Å². The third-order valence-corrected chi connectivity index (χ3v) is 3.97. The molecule has 0 fully saturated rings. The SMILES string of the molecule is Cc1ccc(OCC(=O)OCC(=O)Nc2cc(Cl)ccc2Cl)cc1C. The van der Waals surface area contributed by atoms with Crippen LogP contribution in [-0.2, 0) is 14.3 Å². The van der Waals surface area contributed by atoms with Crippen molar-refractivity contribution in [2.45, 2.75) is 13.8 Å². The number of nitrogens with one attached hydrogen (secondary N) is 1. The highest BCUT2D eigenvalue weighted by Gasteiger charge is 2.11. The quantitative estimate of drug-likeness (QED) is 0.762. The van der Waals surface area contributed by atoms with Gasteiger partial charge >= 0.3 is 5.97 Å².